The molecular formula is C24H30N2O4. The highest BCUT2D eigenvalue weighted by Gasteiger charge is 2.27. The van der Waals surface area contributed by atoms with Gasteiger partial charge in [-0.2, -0.15) is 0 Å². The third-order valence-corrected chi connectivity index (χ3v) is 6.04. The fourth-order valence-corrected chi connectivity index (χ4v) is 4.44. The topological polar surface area (TPSA) is 51.2 Å². The Hall–Kier alpha value is -2.73. The standard InChI is InChI=1S/C24H30N2O4/c1-4-30-24(27)18-6-8-22-17(13-18)5-7-23(25(22)2)19-14-20(16-21(15-19)28-3)26-9-11-29-12-10-26/h6,8,13-16,23H,4-5,7,9-12H2,1-3H3. The fourth-order valence-electron chi connectivity index (χ4n) is 4.44. The molecule has 30 heavy (non-hydrogen) atoms. The van der Waals surface area contributed by atoms with Crippen molar-refractivity contribution in [3.05, 3.63) is 53.1 Å². The minimum atomic E-state index is -0.256. The van der Waals surface area contributed by atoms with Crippen LogP contribution in [0.2, 0.25) is 0 Å². The SMILES string of the molecule is CCOC(=O)c1ccc2c(c1)CCC(c1cc(OC)cc(N3CCOCC3)c1)N2C. The summed E-state index contributed by atoms with van der Waals surface area (Å²) in [6, 6.07) is 12.7. The van der Waals surface area contributed by atoms with Crippen LogP contribution in [0.15, 0.2) is 36.4 Å². The van der Waals surface area contributed by atoms with E-state index < -0.39 is 0 Å². The summed E-state index contributed by atoms with van der Waals surface area (Å²) in [6.45, 7) is 5.52. The number of morpholine rings is 1. The van der Waals surface area contributed by atoms with Crippen LogP contribution in [0, 0.1) is 0 Å². The molecule has 4 rings (SSSR count). The monoisotopic (exact) mass is 410 g/mol. The van der Waals surface area contributed by atoms with Gasteiger partial charge in [0.2, 0.25) is 0 Å². The number of hydrogen-bond donors (Lipinski definition) is 0. The molecular weight excluding hydrogens is 380 g/mol. The Morgan fingerprint density at radius 2 is 1.97 bits per heavy atom. The molecule has 0 aromatic heterocycles. The average Bonchev–Trinajstić information content (AvgIpc) is 2.79. The van der Waals surface area contributed by atoms with Crippen molar-refractivity contribution >= 4 is 17.3 Å². The Morgan fingerprint density at radius 1 is 1.17 bits per heavy atom. The molecule has 2 aliphatic heterocycles. The minimum Gasteiger partial charge on any atom is -0.497 e. The van der Waals surface area contributed by atoms with Gasteiger partial charge in [-0.1, -0.05) is 0 Å². The lowest BCUT2D eigenvalue weighted by Gasteiger charge is -2.37. The molecule has 0 saturated carbocycles. The zero-order valence-electron chi connectivity index (χ0n) is 18.0. The van der Waals surface area contributed by atoms with Crippen LogP contribution < -0.4 is 14.5 Å². The number of aryl methyl sites for hydroxylation is 1. The maximum Gasteiger partial charge on any atom is 0.338 e. The van der Waals surface area contributed by atoms with Gasteiger partial charge in [0.15, 0.2) is 0 Å². The van der Waals surface area contributed by atoms with Gasteiger partial charge in [-0.15, -0.1) is 0 Å². The lowest BCUT2D eigenvalue weighted by atomic mass is 9.90. The number of benzene rings is 2. The molecule has 0 N–H and O–H groups in total. The Morgan fingerprint density at radius 3 is 2.70 bits per heavy atom. The van der Waals surface area contributed by atoms with E-state index in [1.54, 1.807) is 7.11 Å². The lowest BCUT2D eigenvalue weighted by Crippen LogP contribution is -2.36. The summed E-state index contributed by atoms with van der Waals surface area (Å²) in [5, 5.41) is 0. The van der Waals surface area contributed by atoms with Gasteiger partial charge < -0.3 is 24.0 Å². The first kappa shape index (κ1) is 20.5. The number of anilines is 2. The van der Waals surface area contributed by atoms with Crippen LogP contribution in [0.1, 0.15) is 40.9 Å². The largest absolute Gasteiger partial charge is 0.497 e. The van der Waals surface area contributed by atoms with Gasteiger partial charge in [0.25, 0.3) is 0 Å². The van der Waals surface area contributed by atoms with E-state index in [1.165, 1.54) is 16.8 Å². The van der Waals surface area contributed by atoms with E-state index >= 15 is 0 Å². The molecule has 1 saturated heterocycles. The van der Waals surface area contributed by atoms with Gasteiger partial charge in [-0.3, -0.25) is 0 Å². The molecule has 0 aliphatic carbocycles. The Labute approximate surface area is 178 Å². The van der Waals surface area contributed by atoms with Crippen LogP contribution in [-0.2, 0) is 15.9 Å². The molecule has 6 nitrogen and oxygen atoms in total. The number of carbonyl (C=O) groups is 1. The van der Waals surface area contributed by atoms with E-state index in [2.05, 4.69) is 35.0 Å². The summed E-state index contributed by atoms with van der Waals surface area (Å²) in [6.07, 6.45) is 1.90. The van der Waals surface area contributed by atoms with Gasteiger partial charge >= 0.3 is 5.97 Å². The van der Waals surface area contributed by atoms with Crippen LogP contribution >= 0.6 is 0 Å². The third-order valence-electron chi connectivity index (χ3n) is 6.04. The van der Waals surface area contributed by atoms with Crippen molar-refractivity contribution in [3.8, 4) is 5.75 Å². The minimum absolute atomic E-state index is 0.251. The van der Waals surface area contributed by atoms with Crippen LogP contribution in [0.5, 0.6) is 5.75 Å². The first-order chi connectivity index (χ1) is 14.6. The predicted molar refractivity (Wildman–Crippen MR) is 118 cm³/mol. The quantitative estimate of drug-likeness (QED) is 0.699. The van der Waals surface area contributed by atoms with Crippen molar-refractivity contribution in [2.75, 3.05) is 56.9 Å². The predicted octanol–water partition coefficient (Wildman–Crippen LogP) is 3.83. The van der Waals surface area contributed by atoms with Crippen LogP contribution in [0.25, 0.3) is 0 Å². The number of carbonyl (C=O) groups excluding carboxylic acids is 1. The average molecular weight is 411 g/mol. The molecule has 2 aromatic carbocycles. The maximum atomic E-state index is 12.1. The molecule has 2 aromatic rings. The zero-order valence-corrected chi connectivity index (χ0v) is 18.0. The zero-order chi connectivity index (χ0) is 21.1. The van der Waals surface area contributed by atoms with Crippen LogP contribution in [-0.4, -0.2) is 53.0 Å². The number of nitrogens with zero attached hydrogens (tertiary/aromatic N) is 2. The summed E-state index contributed by atoms with van der Waals surface area (Å²) in [5.41, 5.74) is 5.41. The molecule has 0 radical (unpaired) electrons. The molecule has 1 fully saturated rings. The number of ether oxygens (including phenoxy) is 3. The first-order valence-electron chi connectivity index (χ1n) is 10.6. The summed E-state index contributed by atoms with van der Waals surface area (Å²) in [4.78, 5) is 16.8. The highest BCUT2D eigenvalue weighted by atomic mass is 16.5. The number of esters is 1. The Bertz CT molecular complexity index is 908. The molecule has 0 amide bonds. The Balaban J connectivity index is 1.62. The molecule has 1 unspecified atom stereocenters. The smallest absolute Gasteiger partial charge is 0.338 e. The van der Waals surface area contributed by atoms with Gasteiger partial charge in [0.1, 0.15) is 5.75 Å². The highest BCUT2D eigenvalue weighted by molar-refractivity contribution is 5.90. The highest BCUT2D eigenvalue weighted by Crippen LogP contribution is 2.40. The lowest BCUT2D eigenvalue weighted by molar-refractivity contribution is 0.0526. The summed E-state index contributed by atoms with van der Waals surface area (Å²) < 4.78 is 16.3. The first-order valence-corrected chi connectivity index (χ1v) is 10.6. The normalized spacial score (nSPS) is 18.7. The fraction of sp³-hybridized carbons (Fsp3) is 0.458. The molecule has 6 heteroatoms. The van der Waals surface area contributed by atoms with Crippen molar-refractivity contribution in [2.24, 2.45) is 0 Å². The molecule has 0 spiro atoms. The number of methoxy groups -OCH3 is 1. The van der Waals surface area contributed by atoms with E-state index in [4.69, 9.17) is 14.2 Å². The van der Waals surface area contributed by atoms with Crippen molar-refractivity contribution in [1.82, 2.24) is 0 Å². The van der Waals surface area contributed by atoms with Gasteiger partial charge in [-0.25, -0.2) is 4.79 Å². The second-order valence-electron chi connectivity index (χ2n) is 7.79. The van der Waals surface area contributed by atoms with Crippen LogP contribution in [0.4, 0.5) is 11.4 Å². The van der Waals surface area contributed by atoms with Crippen LogP contribution in [0.3, 0.4) is 0 Å². The molecule has 160 valence electrons. The van der Waals surface area contributed by atoms with Gasteiger partial charge in [-0.05, 0) is 61.2 Å². The van der Waals surface area contributed by atoms with E-state index in [0.29, 0.717) is 12.2 Å². The summed E-state index contributed by atoms with van der Waals surface area (Å²) in [5.74, 6) is 0.624. The van der Waals surface area contributed by atoms with E-state index in [1.807, 2.05) is 25.1 Å². The van der Waals surface area contributed by atoms with Crippen molar-refractivity contribution in [3.63, 3.8) is 0 Å². The molecule has 2 heterocycles. The second-order valence-corrected chi connectivity index (χ2v) is 7.79. The van der Waals surface area contributed by atoms with E-state index in [0.717, 1.165) is 50.6 Å². The summed E-state index contributed by atoms with van der Waals surface area (Å²) in [7, 11) is 3.85. The molecule has 0 bridgehead atoms. The van der Waals surface area contributed by atoms with Crippen molar-refractivity contribution in [1.29, 1.82) is 0 Å². The second kappa shape index (κ2) is 8.96. The summed E-state index contributed by atoms with van der Waals surface area (Å²) >= 11 is 0. The molecule has 1 atom stereocenters. The number of rotatable bonds is 5. The van der Waals surface area contributed by atoms with Gasteiger partial charge in [0, 0.05) is 37.6 Å². The maximum absolute atomic E-state index is 12.1. The molecule has 2 aliphatic rings. The third kappa shape index (κ3) is 4.10. The van der Waals surface area contributed by atoms with Crippen molar-refractivity contribution < 1.29 is 19.0 Å². The van der Waals surface area contributed by atoms with Gasteiger partial charge in [0.05, 0.1) is 38.5 Å². The van der Waals surface area contributed by atoms with Crippen molar-refractivity contribution in [2.45, 2.75) is 25.8 Å². The number of hydrogen-bond acceptors (Lipinski definition) is 6. The van der Waals surface area contributed by atoms with E-state index in [-0.39, 0.29) is 12.0 Å². The Kier molecular flexibility index (Phi) is 6.13. The number of fused-ring (bicyclic) bond motifs is 1. The van der Waals surface area contributed by atoms with E-state index in [9.17, 15) is 4.79 Å².